The van der Waals surface area contributed by atoms with Crippen LogP contribution in [-0.4, -0.2) is 26.2 Å². The van der Waals surface area contributed by atoms with Gasteiger partial charge in [-0.3, -0.25) is 0 Å². The Balaban J connectivity index is 1.82. The molecule has 0 aliphatic carbocycles. The van der Waals surface area contributed by atoms with Gasteiger partial charge in [-0.25, -0.2) is 0 Å². The smallest absolute Gasteiger partial charge is 0.150 e. The molecule has 1 N–H and O–H groups in total. The predicted octanol–water partition coefficient (Wildman–Crippen LogP) is 3.67. The molecule has 3 nitrogen and oxygen atoms in total. The minimum absolute atomic E-state index is 0.559. The van der Waals surface area contributed by atoms with Crippen LogP contribution in [0.3, 0.4) is 0 Å². The Morgan fingerprint density at radius 2 is 1.81 bits per heavy atom. The highest BCUT2D eigenvalue weighted by Gasteiger charge is 2.21. The number of piperidine rings is 1. The lowest BCUT2D eigenvalue weighted by atomic mass is 10.0. The topological polar surface area (TPSA) is 24.5 Å². The van der Waals surface area contributed by atoms with E-state index in [0.29, 0.717) is 6.04 Å². The van der Waals surface area contributed by atoms with Crippen LogP contribution in [0.4, 0.5) is 5.69 Å². The van der Waals surface area contributed by atoms with Crippen LogP contribution in [0, 0.1) is 0 Å². The van der Waals surface area contributed by atoms with E-state index in [4.69, 9.17) is 4.74 Å². The molecule has 1 aliphatic heterocycles. The van der Waals surface area contributed by atoms with E-state index in [1.807, 2.05) is 49.5 Å². The van der Waals surface area contributed by atoms with Gasteiger partial charge in [-0.05, 0) is 44.2 Å². The molecule has 3 heteroatoms. The fourth-order valence-corrected chi connectivity index (χ4v) is 2.85. The number of anilines is 1. The Bertz CT molecular complexity index is 570. The second kappa shape index (κ2) is 6.64. The molecule has 1 fully saturated rings. The van der Waals surface area contributed by atoms with E-state index >= 15 is 0 Å². The van der Waals surface area contributed by atoms with Crippen molar-refractivity contribution in [3.63, 3.8) is 0 Å². The average Bonchev–Trinajstić information content (AvgIpc) is 2.56. The lowest BCUT2D eigenvalue weighted by Gasteiger charge is -2.35. The maximum Gasteiger partial charge on any atom is 0.150 e. The highest BCUT2D eigenvalue weighted by molar-refractivity contribution is 5.60. The van der Waals surface area contributed by atoms with E-state index in [1.165, 1.54) is 18.5 Å². The third-order valence-corrected chi connectivity index (χ3v) is 4.01. The highest BCUT2D eigenvalue weighted by atomic mass is 16.5. The van der Waals surface area contributed by atoms with Crippen LogP contribution >= 0.6 is 0 Å². The Morgan fingerprint density at radius 3 is 2.62 bits per heavy atom. The first-order valence-corrected chi connectivity index (χ1v) is 7.61. The Morgan fingerprint density at radius 1 is 1.05 bits per heavy atom. The third kappa shape index (κ3) is 3.37. The summed E-state index contributed by atoms with van der Waals surface area (Å²) in [6.07, 6.45) is 2.46. The van der Waals surface area contributed by atoms with Crippen molar-refractivity contribution < 1.29 is 4.74 Å². The standard InChI is InChI=1S/C18H22N2O/c1-19-15-8-7-13-20(14-15)17-11-5-6-12-18(17)21-16-9-3-2-4-10-16/h2-6,9-12,15,19H,7-8,13-14H2,1H3. The van der Waals surface area contributed by atoms with Gasteiger partial charge in [0.2, 0.25) is 0 Å². The molecule has 0 amide bonds. The number of nitrogens with one attached hydrogen (secondary N) is 1. The van der Waals surface area contributed by atoms with E-state index in [9.17, 15) is 0 Å². The summed E-state index contributed by atoms with van der Waals surface area (Å²) in [6.45, 7) is 2.12. The summed E-state index contributed by atoms with van der Waals surface area (Å²) in [5.41, 5.74) is 1.18. The minimum atomic E-state index is 0.559. The molecule has 0 aromatic heterocycles. The Kier molecular flexibility index (Phi) is 4.41. The van der Waals surface area contributed by atoms with E-state index in [1.54, 1.807) is 0 Å². The zero-order chi connectivity index (χ0) is 14.5. The molecule has 0 bridgehead atoms. The van der Waals surface area contributed by atoms with Gasteiger partial charge in [0.15, 0.2) is 5.75 Å². The fourth-order valence-electron chi connectivity index (χ4n) is 2.85. The number of benzene rings is 2. The van der Waals surface area contributed by atoms with Gasteiger partial charge in [-0.2, -0.15) is 0 Å². The zero-order valence-corrected chi connectivity index (χ0v) is 12.5. The number of likely N-dealkylation sites (N-methyl/N-ethyl adjacent to an activating group) is 1. The van der Waals surface area contributed by atoms with Crippen molar-refractivity contribution in [2.24, 2.45) is 0 Å². The van der Waals surface area contributed by atoms with Crippen molar-refractivity contribution in [1.82, 2.24) is 5.32 Å². The van der Waals surface area contributed by atoms with Crippen molar-refractivity contribution in [3.8, 4) is 11.5 Å². The maximum absolute atomic E-state index is 6.07. The molecule has 1 heterocycles. The van der Waals surface area contributed by atoms with Crippen molar-refractivity contribution in [1.29, 1.82) is 0 Å². The van der Waals surface area contributed by atoms with Crippen molar-refractivity contribution in [2.45, 2.75) is 18.9 Å². The van der Waals surface area contributed by atoms with Crippen LogP contribution in [0.25, 0.3) is 0 Å². The molecule has 110 valence electrons. The summed E-state index contributed by atoms with van der Waals surface area (Å²) in [5.74, 6) is 1.81. The van der Waals surface area contributed by atoms with Gasteiger partial charge in [-0.15, -0.1) is 0 Å². The summed E-state index contributed by atoms with van der Waals surface area (Å²) >= 11 is 0. The van der Waals surface area contributed by atoms with Gasteiger partial charge in [-0.1, -0.05) is 30.3 Å². The average molecular weight is 282 g/mol. The van der Waals surface area contributed by atoms with Gasteiger partial charge in [0, 0.05) is 19.1 Å². The number of hydrogen-bond donors (Lipinski definition) is 1. The van der Waals surface area contributed by atoms with Crippen LogP contribution < -0.4 is 15.0 Å². The van der Waals surface area contributed by atoms with Crippen molar-refractivity contribution in [3.05, 3.63) is 54.6 Å². The number of rotatable bonds is 4. The molecule has 21 heavy (non-hydrogen) atoms. The number of para-hydroxylation sites is 3. The highest BCUT2D eigenvalue weighted by Crippen LogP contribution is 2.33. The first kappa shape index (κ1) is 14.0. The molecule has 1 atom stereocenters. The lowest BCUT2D eigenvalue weighted by Crippen LogP contribution is -2.44. The molecular weight excluding hydrogens is 260 g/mol. The third-order valence-electron chi connectivity index (χ3n) is 4.01. The number of nitrogens with zero attached hydrogens (tertiary/aromatic N) is 1. The monoisotopic (exact) mass is 282 g/mol. The zero-order valence-electron chi connectivity index (χ0n) is 12.5. The molecule has 1 unspecified atom stereocenters. The summed E-state index contributed by atoms with van der Waals surface area (Å²) < 4.78 is 6.07. The van der Waals surface area contributed by atoms with Crippen LogP contribution in [0.2, 0.25) is 0 Å². The molecule has 0 saturated carbocycles. The first-order valence-electron chi connectivity index (χ1n) is 7.61. The molecule has 1 aliphatic rings. The Hall–Kier alpha value is -2.00. The molecule has 0 radical (unpaired) electrons. The number of ether oxygens (including phenoxy) is 1. The second-order valence-electron chi connectivity index (χ2n) is 5.46. The van der Waals surface area contributed by atoms with E-state index in [0.717, 1.165) is 24.6 Å². The maximum atomic E-state index is 6.07. The van der Waals surface area contributed by atoms with Gasteiger partial charge >= 0.3 is 0 Å². The molecular formula is C18H22N2O. The first-order chi connectivity index (χ1) is 10.4. The summed E-state index contributed by atoms with van der Waals surface area (Å²) in [6, 6.07) is 18.8. The quantitative estimate of drug-likeness (QED) is 0.926. The minimum Gasteiger partial charge on any atom is -0.455 e. The summed E-state index contributed by atoms with van der Waals surface area (Å²) in [4.78, 5) is 2.42. The molecule has 0 spiro atoms. The predicted molar refractivity (Wildman–Crippen MR) is 87.3 cm³/mol. The molecule has 1 saturated heterocycles. The lowest BCUT2D eigenvalue weighted by molar-refractivity contribution is 0.439. The largest absolute Gasteiger partial charge is 0.455 e. The SMILES string of the molecule is CNC1CCCN(c2ccccc2Oc2ccccc2)C1. The van der Waals surface area contributed by atoms with E-state index < -0.39 is 0 Å². The van der Waals surface area contributed by atoms with Crippen LogP contribution in [0.5, 0.6) is 11.5 Å². The summed E-state index contributed by atoms with van der Waals surface area (Å²) in [5, 5.41) is 3.39. The van der Waals surface area contributed by atoms with Crippen LogP contribution in [-0.2, 0) is 0 Å². The fraction of sp³-hybridized carbons (Fsp3) is 0.333. The summed E-state index contributed by atoms with van der Waals surface area (Å²) in [7, 11) is 2.04. The van der Waals surface area contributed by atoms with Gasteiger partial charge < -0.3 is 15.0 Å². The van der Waals surface area contributed by atoms with Crippen molar-refractivity contribution in [2.75, 3.05) is 25.0 Å². The molecule has 2 aromatic rings. The molecule has 2 aromatic carbocycles. The number of hydrogen-bond acceptors (Lipinski definition) is 3. The Labute approximate surface area is 126 Å². The van der Waals surface area contributed by atoms with Crippen LogP contribution in [0.1, 0.15) is 12.8 Å². The van der Waals surface area contributed by atoms with Gasteiger partial charge in [0.05, 0.1) is 5.69 Å². The normalized spacial score (nSPS) is 18.5. The molecule has 3 rings (SSSR count). The van der Waals surface area contributed by atoms with Gasteiger partial charge in [0.25, 0.3) is 0 Å². The van der Waals surface area contributed by atoms with Crippen LogP contribution in [0.15, 0.2) is 54.6 Å². The van der Waals surface area contributed by atoms with E-state index in [-0.39, 0.29) is 0 Å². The van der Waals surface area contributed by atoms with E-state index in [2.05, 4.69) is 22.3 Å². The second-order valence-corrected chi connectivity index (χ2v) is 5.46. The van der Waals surface area contributed by atoms with Crippen molar-refractivity contribution >= 4 is 5.69 Å². The van der Waals surface area contributed by atoms with Gasteiger partial charge in [0.1, 0.15) is 5.75 Å².